The van der Waals surface area contributed by atoms with Crippen molar-refractivity contribution in [2.24, 2.45) is 0 Å². The zero-order chi connectivity index (χ0) is 24.1. The highest BCUT2D eigenvalue weighted by molar-refractivity contribution is 5.94. The number of nitrogens with zero attached hydrogens (tertiary/aromatic N) is 4. The zero-order valence-electron chi connectivity index (χ0n) is 20.4. The number of aromatic nitrogens is 2. The molecular formula is C29H32N4O. The lowest BCUT2D eigenvalue weighted by atomic mass is 10.0. The van der Waals surface area contributed by atoms with Crippen LogP contribution in [-0.4, -0.2) is 52.7 Å². The number of aryl methyl sites for hydroxylation is 2. The summed E-state index contributed by atoms with van der Waals surface area (Å²) in [6.07, 6.45) is 0. The number of benzene rings is 3. The van der Waals surface area contributed by atoms with Crippen molar-refractivity contribution >= 4 is 5.91 Å². The molecular weight excluding hydrogens is 420 g/mol. The molecule has 4 rings (SSSR count). The van der Waals surface area contributed by atoms with Crippen LogP contribution in [0.4, 0.5) is 0 Å². The van der Waals surface area contributed by atoms with Crippen molar-refractivity contribution in [2.75, 3.05) is 27.2 Å². The maximum absolute atomic E-state index is 14.0. The van der Waals surface area contributed by atoms with E-state index in [2.05, 4.69) is 49.1 Å². The Morgan fingerprint density at radius 1 is 0.824 bits per heavy atom. The maximum atomic E-state index is 14.0. The lowest BCUT2D eigenvalue weighted by Crippen LogP contribution is -2.37. The Bertz CT molecular complexity index is 1250. The van der Waals surface area contributed by atoms with E-state index in [-0.39, 0.29) is 5.91 Å². The topological polar surface area (TPSA) is 41.4 Å². The van der Waals surface area contributed by atoms with E-state index >= 15 is 0 Å². The van der Waals surface area contributed by atoms with Gasteiger partial charge in [0.25, 0.3) is 5.91 Å². The van der Waals surface area contributed by atoms with Crippen LogP contribution in [0.1, 0.15) is 27.2 Å². The van der Waals surface area contributed by atoms with Crippen LogP contribution in [0.15, 0.2) is 84.9 Å². The van der Waals surface area contributed by atoms with Crippen LogP contribution in [0.2, 0.25) is 0 Å². The van der Waals surface area contributed by atoms with E-state index in [1.54, 1.807) is 4.68 Å². The number of hydrogen-bond donors (Lipinski definition) is 0. The molecule has 0 N–H and O–H groups in total. The Hall–Kier alpha value is -3.70. The van der Waals surface area contributed by atoms with E-state index < -0.39 is 0 Å². The number of rotatable bonds is 8. The van der Waals surface area contributed by atoms with E-state index in [1.165, 1.54) is 11.1 Å². The van der Waals surface area contributed by atoms with Gasteiger partial charge in [0.15, 0.2) is 0 Å². The molecule has 0 saturated carbocycles. The van der Waals surface area contributed by atoms with Crippen LogP contribution in [0.3, 0.4) is 0 Å². The Morgan fingerprint density at radius 2 is 1.50 bits per heavy atom. The summed E-state index contributed by atoms with van der Waals surface area (Å²) in [4.78, 5) is 18.0. The van der Waals surface area contributed by atoms with Gasteiger partial charge in [-0.15, -0.1) is 0 Å². The average Bonchev–Trinajstić information content (AvgIpc) is 3.29. The monoisotopic (exact) mass is 452 g/mol. The van der Waals surface area contributed by atoms with Crippen LogP contribution in [0.5, 0.6) is 0 Å². The predicted molar refractivity (Wildman–Crippen MR) is 138 cm³/mol. The minimum Gasteiger partial charge on any atom is -0.332 e. The Balaban J connectivity index is 1.76. The van der Waals surface area contributed by atoms with Gasteiger partial charge >= 0.3 is 0 Å². The normalized spacial score (nSPS) is 11.1. The third-order valence-electron chi connectivity index (χ3n) is 6.05. The van der Waals surface area contributed by atoms with Gasteiger partial charge < -0.3 is 9.80 Å². The van der Waals surface area contributed by atoms with E-state index in [4.69, 9.17) is 5.10 Å². The lowest BCUT2D eigenvalue weighted by molar-refractivity contribution is 0.0722. The summed E-state index contributed by atoms with van der Waals surface area (Å²) in [6.45, 7) is 6.15. The Morgan fingerprint density at radius 3 is 2.15 bits per heavy atom. The highest BCUT2D eigenvalue weighted by Gasteiger charge is 2.23. The van der Waals surface area contributed by atoms with Gasteiger partial charge in [-0.2, -0.15) is 5.10 Å². The first-order valence-corrected chi connectivity index (χ1v) is 11.6. The number of para-hydroxylation sites is 1. The highest BCUT2D eigenvalue weighted by atomic mass is 16.2. The fourth-order valence-electron chi connectivity index (χ4n) is 3.88. The third-order valence-corrected chi connectivity index (χ3v) is 6.05. The minimum atomic E-state index is -0.0304. The molecule has 0 fully saturated rings. The summed E-state index contributed by atoms with van der Waals surface area (Å²) >= 11 is 0. The minimum absolute atomic E-state index is 0.0304. The van der Waals surface area contributed by atoms with Gasteiger partial charge in [0.1, 0.15) is 5.69 Å². The summed E-state index contributed by atoms with van der Waals surface area (Å²) in [5.41, 5.74) is 6.78. The van der Waals surface area contributed by atoms with Crippen molar-refractivity contribution in [3.05, 3.63) is 107 Å². The molecule has 3 aromatic carbocycles. The fraction of sp³-hybridized carbons (Fsp3) is 0.241. The SMILES string of the molecule is Cc1ccc(-c2cc(C(=O)N(CCN(C)C)Cc3ccccc3)n(-c3ccccc3)n2)cc1C. The largest absolute Gasteiger partial charge is 0.332 e. The van der Waals surface area contributed by atoms with Crippen molar-refractivity contribution in [1.29, 1.82) is 0 Å². The number of likely N-dealkylation sites (N-methyl/N-ethyl adjacent to an activating group) is 1. The van der Waals surface area contributed by atoms with Gasteiger partial charge in [0, 0.05) is 25.2 Å². The molecule has 0 saturated heterocycles. The summed E-state index contributed by atoms with van der Waals surface area (Å²) in [7, 11) is 4.05. The summed E-state index contributed by atoms with van der Waals surface area (Å²) in [5, 5.41) is 4.89. The Kier molecular flexibility index (Phi) is 7.24. The molecule has 0 aliphatic carbocycles. The molecule has 34 heavy (non-hydrogen) atoms. The first-order valence-electron chi connectivity index (χ1n) is 11.6. The van der Waals surface area contributed by atoms with Crippen molar-refractivity contribution in [2.45, 2.75) is 20.4 Å². The van der Waals surface area contributed by atoms with Crippen molar-refractivity contribution in [3.8, 4) is 16.9 Å². The summed E-state index contributed by atoms with van der Waals surface area (Å²) in [6, 6.07) is 28.2. The molecule has 0 atom stereocenters. The van der Waals surface area contributed by atoms with Crippen molar-refractivity contribution < 1.29 is 4.79 Å². The van der Waals surface area contributed by atoms with Crippen molar-refractivity contribution in [1.82, 2.24) is 19.6 Å². The quantitative estimate of drug-likeness (QED) is 0.361. The standard InChI is InChI=1S/C29H32N4O/c1-22-15-16-25(19-23(22)2)27-20-28(33(30-27)26-13-9-6-10-14-26)29(34)32(18-17-31(3)4)21-24-11-7-5-8-12-24/h5-16,19-20H,17-18,21H2,1-4H3. The van der Waals surface area contributed by atoms with E-state index in [9.17, 15) is 4.79 Å². The second-order valence-electron chi connectivity index (χ2n) is 8.98. The van der Waals surface area contributed by atoms with Crippen molar-refractivity contribution in [3.63, 3.8) is 0 Å². The molecule has 1 amide bonds. The molecule has 4 aromatic rings. The smallest absolute Gasteiger partial charge is 0.272 e. The van der Waals surface area contributed by atoms with Gasteiger partial charge in [0.05, 0.1) is 11.4 Å². The highest BCUT2D eigenvalue weighted by Crippen LogP contribution is 2.25. The lowest BCUT2D eigenvalue weighted by Gasteiger charge is -2.25. The molecule has 0 spiro atoms. The van der Waals surface area contributed by atoms with Crippen LogP contribution in [-0.2, 0) is 6.54 Å². The molecule has 0 radical (unpaired) electrons. The van der Waals surface area contributed by atoms with Gasteiger partial charge in [0.2, 0.25) is 0 Å². The molecule has 174 valence electrons. The molecule has 0 unspecified atom stereocenters. The third kappa shape index (κ3) is 5.43. The van der Waals surface area contributed by atoms with Gasteiger partial charge in [-0.05, 0) is 68.9 Å². The first kappa shape index (κ1) is 23.5. The molecule has 5 heteroatoms. The van der Waals surface area contributed by atoms with E-state index in [0.29, 0.717) is 18.8 Å². The Labute approximate surface area is 202 Å². The molecule has 0 aliphatic heterocycles. The van der Waals surface area contributed by atoms with Gasteiger partial charge in [-0.25, -0.2) is 4.68 Å². The summed E-state index contributed by atoms with van der Waals surface area (Å²) < 4.78 is 1.78. The molecule has 0 bridgehead atoms. The predicted octanol–water partition coefficient (Wildman–Crippen LogP) is 5.36. The molecule has 5 nitrogen and oxygen atoms in total. The van der Waals surface area contributed by atoms with Crippen LogP contribution in [0, 0.1) is 13.8 Å². The number of hydrogen-bond acceptors (Lipinski definition) is 3. The number of carbonyl (C=O) groups is 1. The number of carbonyl (C=O) groups excluding carboxylic acids is 1. The van der Waals surface area contributed by atoms with E-state index in [0.717, 1.165) is 29.1 Å². The second kappa shape index (κ2) is 10.5. The molecule has 1 aromatic heterocycles. The van der Waals surface area contributed by atoms with Crippen LogP contribution < -0.4 is 0 Å². The van der Waals surface area contributed by atoms with Gasteiger partial charge in [-0.3, -0.25) is 4.79 Å². The fourth-order valence-corrected chi connectivity index (χ4v) is 3.88. The maximum Gasteiger partial charge on any atom is 0.272 e. The van der Waals surface area contributed by atoms with Crippen LogP contribution >= 0.6 is 0 Å². The summed E-state index contributed by atoms with van der Waals surface area (Å²) in [5.74, 6) is -0.0304. The molecule has 1 heterocycles. The zero-order valence-corrected chi connectivity index (χ0v) is 20.4. The van der Waals surface area contributed by atoms with Crippen LogP contribution in [0.25, 0.3) is 16.9 Å². The average molecular weight is 453 g/mol. The molecule has 0 aliphatic rings. The second-order valence-corrected chi connectivity index (χ2v) is 8.98. The van der Waals surface area contributed by atoms with Gasteiger partial charge in [-0.1, -0.05) is 60.7 Å². The first-order chi connectivity index (χ1) is 16.4. The van der Waals surface area contributed by atoms with E-state index in [1.807, 2.05) is 73.6 Å². The number of amides is 1.